The SMILES string of the molecule is CN(c1ncc(F)c(=O)[nH]1)C1CCCCC1. The standard InChI is InChI=1S/C11H16FN3O/c1-15(8-5-3-2-4-6-8)11-13-7-9(12)10(16)14-11/h7-8H,2-6H2,1H3,(H,13,14,16). The highest BCUT2D eigenvalue weighted by Crippen LogP contribution is 2.23. The number of hydrogen-bond donors (Lipinski definition) is 1. The van der Waals surface area contributed by atoms with Gasteiger partial charge in [-0.3, -0.25) is 9.78 Å². The zero-order chi connectivity index (χ0) is 11.5. The second kappa shape index (κ2) is 4.63. The van der Waals surface area contributed by atoms with Gasteiger partial charge in [0.15, 0.2) is 0 Å². The molecular formula is C11H16FN3O. The number of H-pyrrole nitrogens is 1. The van der Waals surface area contributed by atoms with Crippen molar-refractivity contribution >= 4 is 5.95 Å². The second-order valence-electron chi connectivity index (χ2n) is 4.29. The van der Waals surface area contributed by atoms with Gasteiger partial charge in [0.05, 0.1) is 6.20 Å². The molecule has 4 nitrogen and oxygen atoms in total. The lowest BCUT2D eigenvalue weighted by Crippen LogP contribution is -2.35. The first-order chi connectivity index (χ1) is 7.68. The molecule has 0 bridgehead atoms. The number of halogens is 1. The summed E-state index contributed by atoms with van der Waals surface area (Å²) in [7, 11) is 1.90. The predicted molar refractivity (Wildman–Crippen MR) is 60.1 cm³/mol. The van der Waals surface area contributed by atoms with E-state index < -0.39 is 11.4 Å². The minimum absolute atomic E-state index is 0.405. The van der Waals surface area contributed by atoms with E-state index >= 15 is 0 Å². The lowest BCUT2D eigenvalue weighted by Gasteiger charge is -2.31. The minimum atomic E-state index is -0.833. The lowest BCUT2D eigenvalue weighted by molar-refractivity contribution is 0.423. The van der Waals surface area contributed by atoms with E-state index in [4.69, 9.17) is 0 Å². The summed E-state index contributed by atoms with van der Waals surface area (Å²) in [4.78, 5) is 19.4. The van der Waals surface area contributed by atoms with Gasteiger partial charge in [0, 0.05) is 13.1 Å². The number of anilines is 1. The molecule has 5 heteroatoms. The first-order valence-corrected chi connectivity index (χ1v) is 5.66. The van der Waals surface area contributed by atoms with E-state index in [-0.39, 0.29) is 0 Å². The Morgan fingerprint density at radius 3 is 2.75 bits per heavy atom. The van der Waals surface area contributed by atoms with E-state index in [2.05, 4.69) is 9.97 Å². The molecular weight excluding hydrogens is 209 g/mol. The number of aromatic amines is 1. The van der Waals surface area contributed by atoms with E-state index in [0.717, 1.165) is 19.0 Å². The zero-order valence-electron chi connectivity index (χ0n) is 9.37. The predicted octanol–water partition coefficient (Wildman–Crippen LogP) is 1.68. The fourth-order valence-corrected chi connectivity index (χ4v) is 2.19. The molecule has 0 spiro atoms. The van der Waals surface area contributed by atoms with Crippen molar-refractivity contribution in [2.24, 2.45) is 0 Å². The van der Waals surface area contributed by atoms with Crippen LogP contribution >= 0.6 is 0 Å². The molecule has 1 heterocycles. The molecule has 2 rings (SSSR count). The smallest absolute Gasteiger partial charge is 0.288 e. The van der Waals surface area contributed by atoms with Crippen LogP contribution in [0.2, 0.25) is 0 Å². The Bertz CT molecular complexity index is 412. The summed E-state index contributed by atoms with van der Waals surface area (Å²) in [5.41, 5.74) is -0.701. The van der Waals surface area contributed by atoms with Crippen molar-refractivity contribution in [3.63, 3.8) is 0 Å². The van der Waals surface area contributed by atoms with E-state index in [9.17, 15) is 9.18 Å². The average molecular weight is 225 g/mol. The molecule has 1 N–H and O–H groups in total. The summed E-state index contributed by atoms with van der Waals surface area (Å²) in [6.07, 6.45) is 6.89. The van der Waals surface area contributed by atoms with Gasteiger partial charge < -0.3 is 4.90 Å². The number of aromatic nitrogens is 2. The maximum Gasteiger partial charge on any atom is 0.288 e. The summed E-state index contributed by atoms with van der Waals surface area (Å²) in [6, 6.07) is 0.405. The van der Waals surface area contributed by atoms with Gasteiger partial charge in [0.1, 0.15) is 0 Å². The molecule has 1 fully saturated rings. The Kier molecular flexibility index (Phi) is 3.22. The first kappa shape index (κ1) is 11.1. The molecule has 1 saturated carbocycles. The van der Waals surface area contributed by atoms with Crippen molar-refractivity contribution in [3.05, 3.63) is 22.4 Å². The maximum absolute atomic E-state index is 12.8. The first-order valence-electron chi connectivity index (χ1n) is 5.66. The largest absolute Gasteiger partial charge is 0.342 e. The zero-order valence-corrected chi connectivity index (χ0v) is 9.37. The summed E-state index contributed by atoms with van der Waals surface area (Å²) >= 11 is 0. The number of nitrogens with zero attached hydrogens (tertiary/aromatic N) is 2. The summed E-state index contributed by atoms with van der Waals surface area (Å²) in [6.45, 7) is 0. The fourth-order valence-electron chi connectivity index (χ4n) is 2.19. The van der Waals surface area contributed by atoms with E-state index in [0.29, 0.717) is 12.0 Å². The normalized spacial score (nSPS) is 17.4. The molecule has 0 radical (unpaired) electrons. The quantitative estimate of drug-likeness (QED) is 0.833. The van der Waals surface area contributed by atoms with Gasteiger partial charge in [0.2, 0.25) is 11.8 Å². The van der Waals surface area contributed by atoms with Crippen LogP contribution in [0.25, 0.3) is 0 Å². The topological polar surface area (TPSA) is 49.0 Å². The van der Waals surface area contributed by atoms with Crippen LogP contribution in [0.15, 0.2) is 11.0 Å². The van der Waals surface area contributed by atoms with Gasteiger partial charge in [-0.2, -0.15) is 4.39 Å². The Hall–Kier alpha value is -1.39. The summed E-state index contributed by atoms with van der Waals surface area (Å²) < 4.78 is 12.8. The molecule has 0 atom stereocenters. The van der Waals surface area contributed by atoms with Crippen LogP contribution in [0.5, 0.6) is 0 Å². The van der Waals surface area contributed by atoms with E-state index in [1.807, 2.05) is 11.9 Å². The molecule has 1 aromatic heterocycles. The lowest BCUT2D eigenvalue weighted by atomic mass is 9.95. The summed E-state index contributed by atoms with van der Waals surface area (Å²) in [5, 5.41) is 0. The third-order valence-electron chi connectivity index (χ3n) is 3.20. The fraction of sp³-hybridized carbons (Fsp3) is 0.636. The minimum Gasteiger partial charge on any atom is -0.342 e. The molecule has 0 aromatic carbocycles. The Morgan fingerprint density at radius 2 is 2.12 bits per heavy atom. The van der Waals surface area contributed by atoms with E-state index in [1.165, 1.54) is 19.3 Å². The Morgan fingerprint density at radius 1 is 1.44 bits per heavy atom. The van der Waals surface area contributed by atoms with Crippen LogP contribution in [0, 0.1) is 5.82 Å². The number of rotatable bonds is 2. The van der Waals surface area contributed by atoms with Crippen molar-refractivity contribution in [1.82, 2.24) is 9.97 Å². The van der Waals surface area contributed by atoms with Gasteiger partial charge >= 0.3 is 0 Å². The van der Waals surface area contributed by atoms with Crippen LogP contribution in [-0.2, 0) is 0 Å². The molecule has 1 aliphatic rings. The van der Waals surface area contributed by atoms with Crippen molar-refractivity contribution in [2.75, 3.05) is 11.9 Å². The maximum atomic E-state index is 12.8. The van der Waals surface area contributed by atoms with Crippen molar-refractivity contribution < 1.29 is 4.39 Å². The van der Waals surface area contributed by atoms with Gasteiger partial charge in [-0.05, 0) is 12.8 Å². The third-order valence-corrected chi connectivity index (χ3v) is 3.20. The van der Waals surface area contributed by atoms with Gasteiger partial charge in [-0.15, -0.1) is 0 Å². The molecule has 1 aromatic rings. The van der Waals surface area contributed by atoms with Gasteiger partial charge in [-0.1, -0.05) is 19.3 Å². The van der Waals surface area contributed by atoms with Crippen LogP contribution in [0.3, 0.4) is 0 Å². The highest BCUT2D eigenvalue weighted by atomic mass is 19.1. The van der Waals surface area contributed by atoms with Crippen molar-refractivity contribution in [2.45, 2.75) is 38.1 Å². The molecule has 1 aliphatic carbocycles. The molecule has 88 valence electrons. The van der Waals surface area contributed by atoms with Gasteiger partial charge in [-0.25, -0.2) is 4.98 Å². The average Bonchev–Trinajstić information content (AvgIpc) is 2.33. The highest BCUT2D eigenvalue weighted by molar-refractivity contribution is 5.29. The summed E-state index contributed by atoms with van der Waals surface area (Å²) in [5.74, 6) is -0.376. The van der Waals surface area contributed by atoms with Crippen molar-refractivity contribution in [3.8, 4) is 0 Å². The Balaban J connectivity index is 2.16. The number of nitrogens with one attached hydrogen (secondary N) is 1. The van der Waals surface area contributed by atoms with Crippen LogP contribution < -0.4 is 10.5 Å². The molecule has 0 aliphatic heterocycles. The second-order valence-corrected chi connectivity index (χ2v) is 4.29. The molecule has 0 saturated heterocycles. The highest BCUT2D eigenvalue weighted by Gasteiger charge is 2.19. The van der Waals surface area contributed by atoms with Crippen LogP contribution in [-0.4, -0.2) is 23.1 Å². The van der Waals surface area contributed by atoms with Gasteiger partial charge in [0.25, 0.3) is 5.56 Å². The van der Waals surface area contributed by atoms with Crippen LogP contribution in [0.1, 0.15) is 32.1 Å². The molecule has 16 heavy (non-hydrogen) atoms. The third kappa shape index (κ3) is 2.23. The molecule has 0 amide bonds. The van der Waals surface area contributed by atoms with Crippen LogP contribution in [0.4, 0.5) is 10.3 Å². The Labute approximate surface area is 93.5 Å². The molecule has 0 unspecified atom stereocenters. The van der Waals surface area contributed by atoms with Crippen molar-refractivity contribution in [1.29, 1.82) is 0 Å². The monoisotopic (exact) mass is 225 g/mol. The van der Waals surface area contributed by atoms with E-state index in [1.54, 1.807) is 0 Å². The number of hydrogen-bond acceptors (Lipinski definition) is 3.